The van der Waals surface area contributed by atoms with Crippen molar-refractivity contribution in [1.82, 2.24) is 15.1 Å². The van der Waals surface area contributed by atoms with Crippen LogP contribution in [0.2, 0.25) is 0 Å². The predicted octanol–water partition coefficient (Wildman–Crippen LogP) is 1.33. The van der Waals surface area contributed by atoms with Crippen LogP contribution in [0.25, 0.3) is 0 Å². The highest BCUT2D eigenvalue weighted by Gasteiger charge is 2.36. The highest BCUT2D eigenvalue weighted by atomic mass is 16.4. The van der Waals surface area contributed by atoms with Crippen LogP contribution in [0.1, 0.15) is 49.0 Å². The van der Waals surface area contributed by atoms with Gasteiger partial charge in [-0.2, -0.15) is 5.10 Å². The molecule has 1 aliphatic carbocycles. The van der Waals surface area contributed by atoms with E-state index in [9.17, 15) is 9.59 Å². The summed E-state index contributed by atoms with van der Waals surface area (Å²) >= 11 is 0. The van der Waals surface area contributed by atoms with Gasteiger partial charge < -0.3 is 10.4 Å². The van der Waals surface area contributed by atoms with Gasteiger partial charge in [-0.25, -0.2) is 0 Å². The number of hydrogen-bond acceptors (Lipinski definition) is 3. The van der Waals surface area contributed by atoms with Gasteiger partial charge in [0.25, 0.3) is 5.91 Å². The van der Waals surface area contributed by atoms with Crippen LogP contribution in [0.15, 0.2) is 12.3 Å². The van der Waals surface area contributed by atoms with Crippen LogP contribution in [0.4, 0.5) is 0 Å². The van der Waals surface area contributed by atoms with E-state index in [4.69, 9.17) is 5.11 Å². The zero-order valence-corrected chi connectivity index (χ0v) is 11.1. The molecule has 0 unspecified atom stereocenters. The van der Waals surface area contributed by atoms with Crippen LogP contribution in [-0.4, -0.2) is 32.3 Å². The van der Waals surface area contributed by atoms with Crippen LogP contribution >= 0.6 is 0 Å². The second kappa shape index (κ2) is 5.42. The van der Waals surface area contributed by atoms with Gasteiger partial charge in [0.15, 0.2) is 0 Å². The Morgan fingerprint density at radius 1 is 1.42 bits per heavy atom. The number of aromatic nitrogens is 2. The molecule has 1 aromatic heterocycles. The lowest BCUT2D eigenvalue weighted by Crippen LogP contribution is -2.51. The lowest BCUT2D eigenvalue weighted by Gasteiger charge is -2.36. The smallest absolute Gasteiger partial charge is 0.305 e. The molecule has 1 saturated carbocycles. The first-order valence-electron chi connectivity index (χ1n) is 6.55. The zero-order chi connectivity index (χ0) is 13.9. The van der Waals surface area contributed by atoms with Crippen LogP contribution in [0.3, 0.4) is 0 Å². The highest BCUT2D eigenvalue weighted by Crippen LogP contribution is 2.31. The third kappa shape index (κ3) is 3.33. The summed E-state index contributed by atoms with van der Waals surface area (Å²) in [5.41, 5.74) is -0.281. The number of hydrogen-bond donors (Lipinski definition) is 2. The molecule has 0 atom stereocenters. The number of nitrogens with one attached hydrogen (secondary N) is 1. The van der Waals surface area contributed by atoms with Gasteiger partial charge >= 0.3 is 5.97 Å². The number of amides is 1. The molecule has 1 heterocycles. The summed E-state index contributed by atoms with van der Waals surface area (Å²) in [6, 6.07) is 1.63. The average molecular weight is 265 g/mol. The summed E-state index contributed by atoms with van der Waals surface area (Å²) in [7, 11) is 1.74. The van der Waals surface area contributed by atoms with E-state index in [1.165, 1.54) is 0 Å². The Hall–Kier alpha value is -1.85. The van der Waals surface area contributed by atoms with Gasteiger partial charge in [-0.3, -0.25) is 14.3 Å². The zero-order valence-electron chi connectivity index (χ0n) is 11.1. The minimum Gasteiger partial charge on any atom is -0.481 e. The Bertz CT molecular complexity index is 475. The van der Waals surface area contributed by atoms with Crippen molar-refractivity contribution in [2.45, 2.75) is 44.1 Å². The molecule has 0 saturated heterocycles. The molecule has 0 aromatic carbocycles. The number of nitrogens with zero attached hydrogens (tertiary/aromatic N) is 2. The fraction of sp³-hybridized carbons (Fsp3) is 0.615. The van der Waals surface area contributed by atoms with E-state index in [2.05, 4.69) is 10.4 Å². The Balaban J connectivity index is 2.11. The largest absolute Gasteiger partial charge is 0.481 e. The normalized spacial score (nSPS) is 17.9. The first kappa shape index (κ1) is 13.6. The number of carboxylic acid groups (broad SMARTS) is 1. The predicted molar refractivity (Wildman–Crippen MR) is 68.7 cm³/mol. The van der Waals surface area contributed by atoms with E-state index in [1.807, 2.05) is 0 Å². The number of carbonyl (C=O) groups excluding carboxylic acids is 1. The first-order valence-corrected chi connectivity index (χ1v) is 6.55. The number of carboxylic acids is 1. The van der Waals surface area contributed by atoms with Gasteiger partial charge in [-0.15, -0.1) is 0 Å². The van der Waals surface area contributed by atoms with Gasteiger partial charge in [0.1, 0.15) is 5.69 Å². The van der Waals surface area contributed by atoms with Gasteiger partial charge in [0.2, 0.25) is 0 Å². The topological polar surface area (TPSA) is 84.2 Å². The minimum absolute atomic E-state index is 0.0222. The summed E-state index contributed by atoms with van der Waals surface area (Å²) in [6.07, 6.45) is 6.12. The van der Waals surface area contributed by atoms with Crippen molar-refractivity contribution in [2.24, 2.45) is 7.05 Å². The molecule has 2 rings (SSSR count). The maximum atomic E-state index is 12.1. The van der Waals surface area contributed by atoms with E-state index < -0.39 is 11.5 Å². The number of carbonyl (C=O) groups is 2. The van der Waals surface area contributed by atoms with Crippen molar-refractivity contribution >= 4 is 11.9 Å². The molecule has 6 heteroatoms. The Morgan fingerprint density at radius 3 is 2.63 bits per heavy atom. The highest BCUT2D eigenvalue weighted by molar-refractivity contribution is 5.93. The maximum absolute atomic E-state index is 12.1. The lowest BCUT2D eigenvalue weighted by atomic mass is 9.79. The SMILES string of the molecule is Cn1ccc(C(=O)NC2(CC(=O)O)CCCCC2)n1. The molecular formula is C13H19N3O3. The molecule has 6 nitrogen and oxygen atoms in total. The second-order valence-corrected chi connectivity index (χ2v) is 5.24. The molecule has 1 aliphatic rings. The summed E-state index contributed by atoms with van der Waals surface area (Å²) in [4.78, 5) is 23.2. The fourth-order valence-corrected chi connectivity index (χ4v) is 2.71. The lowest BCUT2D eigenvalue weighted by molar-refractivity contribution is -0.139. The van der Waals surface area contributed by atoms with Gasteiger partial charge in [0, 0.05) is 13.2 Å². The third-order valence-electron chi connectivity index (χ3n) is 3.63. The van der Waals surface area contributed by atoms with E-state index in [1.54, 1.807) is 24.0 Å². The number of rotatable bonds is 4. The quantitative estimate of drug-likeness (QED) is 0.860. The van der Waals surface area contributed by atoms with E-state index in [-0.39, 0.29) is 12.3 Å². The van der Waals surface area contributed by atoms with Crippen LogP contribution in [0, 0.1) is 0 Å². The van der Waals surface area contributed by atoms with E-state index in [0.717, 1.165) is 32.1 Å². The standard InChI is InChI=1S/C13H19N3O3/c1-16-8-5-10(15-16)12(19)14-13(9-11(17)18)6-3-2-4-7-13/h5,8H,2-4,6-7,9H2,1H3,(H,14,19)(H,17,18). The Morgan fingerprint density at radius 2 is 2.11 bits per heavy atom. The van der Waals surface area contributed by atoms with Crippen molar-refractivity contribution in [3.05, 3.63) is 18.0 Å². The first-order chi connectivity index (χ1) is 9.01. The molecule has 104 valence electrons. The monoisotopic (exact) mass is 265 g/mol. The molecule has 0 aliphatic heterocycles. The van der Waals surface area contributed by atoms with Gasteiger partial charge in [-0.1, -0.05) is 19.3 Å². The minimum atomic E-state index is -0.872. The van der Waals surface area contributed by atoms with E-state index >= 15 is 0 Å². The van der Waals surface area contributed by atoms with Gasteiger partial charge in [-0.05, 0) is 18.9 Å². The summed E-state index contributed by atoms with van der Waals surface area (Å²) in [5.74, 6) is -1.16. The molecule has 0 bridgehead atoms. The van der Waals surface area contributed by atoms with Crippen LogP contribution in [0.5, 0.6) is 0 Å². The van der Waals surface area contributed by atoms with Crippen molar-refractivity contribution in [3.8, 4) is 0 Å². The molecular weight excluding hydrogens is 246 g/mol. The van der Waals surface area contributed by atoms with Crippen molar-refractivity contribution in [3.63, 3.8) is 0 Å². The molecule has 0 radical (unpaired) electrons. The maximum Gasteiger partial charge on any atom is 0.305 e. The van der Waals surface area contributed by atoms with Crippen molar-refractivity contribution < 1.29 is 14.7 Å². The summed E-state index contributed by atoms with van der Waals surface area (Å²) in [6.45, 7) is 0. The van der Waals surface area contributed by atoms with Crippen molar-refractivity contribution in [2.75, 3.05) is 0 Å². The molecule has 1 aromatic rings. The van der Waals surface area contributed by atoms with Crippen molar-refractivity contribution in [1.29, 1.82) is 0 Å². The Labute approximate surface area is 111 Å². The fourth-order valence-electron chi connectivity index (χ4n) is 2.71. The molecule has 1 amide bonds. The molecule has 0 spiro atoms. The van der Waals surface area contributed by atoms with Gasteiger partial charge in [0.05, 0.1) is 12.0 Å². The molecule has 2 N–H and O–H groups in total. The average Bonchev–Trinajstić information content (AvgIpc) is 2.76. The number of aliphatic carboxylic acids is 1. The summed E-state index contributed by atoms with van der Waals surface area (Å²) in [5, 5.41) is 16.0. The third-order valence-corrected chi connectivity index (χ3v) is 3.63. The van der Waals surface area contributed by atoms with Crippen LogP contribution < -0.4 is 5.32 Å². The van der Waals surface area contributed by atoms with Crippen LogP contribution in [-0.2, 0) is 11.8 Å². The molecule has 1 fully saturated rings. The van der Waals surface area contributed by atoms with E-state index in [0.29, 0.717) is 5.69 Å². The summed E-state index contributed by atoms with van der Waals surface area (Å²) < 4.78 is 1.56. The Kier molecular flexibility index (Phi) is 3.87. The molecule has 19 heavy (non-hydrogen) atoms. The number of aryl methyl sites for hydroxylation is 1. The second-order valence-electron chi connectivity index (χ2n) is 5.24.